The Kier molecular flexibility index (Phi) is 5.83. The summed E-state index contributed by atoms with van der Waals surface area (Å²) in [5.74, 6) is -0.466. The lowest BCUT2D eigenvalue weighted by atomic mass is 9.95. The van der Waals surface area contributed by atoms with Crippen molar-refractivity contribution in [1.82, 2.24) is 4.57 Å². The van der Waals surface area contributed by atoms with Crippen LogP contribution >= 0.6 is 27.3 Å². The van der Waals surface area contributed by atoms with Crippen molar-refractivity contribution in [1.29, 1.82) is 0 Å². The second kappa shape index (κ2) is 8.53. The zero-order valence-electron chi connectivity index (χ0n) is 16.5. The molecule has 0 unspecified atom stereocenters. The lowest BCUT2D eigenvalue weighted by molar-refractivity contribution is -0.136. The van der Waals surface area contributed by atoms with Gasteiger partial charge in [0, 0.05) is 4.47 Å². The molecule has 1 aromatic heterocycles. The van der Waals surface area contributed by atoms with Gasteiger partial charge in [0.2, 0.25) is 0 Å². The number of benzene rings is 2. The van der Waals surface area contributed by atoms with Gasteiger partial charge in [0.15, 0.2) is 4.80 Å². The van der Waals surface area contributed by atoms with Crippen molar-refractivity contribution in [3.8, 4) is 0 Å². The first-order valence-corrected chi connectivity index (χ1v) is 11.1. The third-order valence-corrected chi connectivity index (χ3v) is 6.44. The van der Waals surface area contributed by atoms with Crippen LogP contribution < -0.4 is 14.9 Å². The van der Waals surface area contributed by atoms with Gasteiger partial charge in [-0.15, -0.1) is 0 Å². The Bertz CT molecular complexity index is 1310. The molecule has 5 nitrogen and oxygen atoms in total. The molecule has 1 aliphatic rings. The molecule has 0 saturated carbocycles. The number of hydrogen-bond acceptors (Lipinski definition) is 5. The summed E-state index contributed by atoms with van der Waals surface area (Å²) >= 11 is 4.76. The van der Waals surface area contributed by atoms with Crippen LogP contribution in [0.4, 0.5) is 0 Å². The molecule has 0 radical (unpaired) electrons. The maximum Gasteiger partial charge on any atom is 0.338 e. The van der Waals surface area contributed by atoms with E-state index in [1.807, 2.05) is 67.6 Å². The highest BCUT2D eigenvalue weighted by Gasteiger charge is 2.33. The largest absolute Gasteiger partial charge is 0.466 e. The van der Waals surface area contributed by atoms with Crippen LogP contribution in [0.1, 0.15) is 30.5 Å². The van der Waals surface area contributed by atoms with E-state index >= 15 is 0 Å². The van der Waals surface area contributed by atoms with Crippen LogP contribution in [-0.2, 0) is 9.53 Å². The van der Waals surface area contributed by atoms with E-state index in [1.165, 1.54) is 18.4 Å². The summed E-state index contributed by atoms with van der Waals surface area (Å²) in [5.41, 5.74) is 2.64. The fourth-order valence-electron chi connectivity index (χ4n) is 3.53. The van der Waals surface area contributed by atoms with Crippen molar-refractivity contribution >= 4 is 39.3 Å². The maximum absolute atomic E-state index is 13.4. The molecule has 30 heavy (non-hydrogen) atoms. The smallest absolute Gasteiger partial charge is 0.338 e. The van der Waals surface area contributed by atoms with Crippen molar-refractivity contribution < 1.29 is 9.53 Å². The van der Waals surface area contributed by atoms with Crippen LogP contribution in [0.5, 0.6) is 0 Å². The van der Waals surface area contributed by atoms with Crippen LogP contribution in [-0.4, -0.2) is 17.6 Å². The predicted octanol–water partition coefficient (Wildman–Crippen LogP) is 3.56. The van der Waals surface area contributed by atoms with Gasteiger partial charge in [-0.25, -0.2) is 9.79 Å². The minimum Gasteiger partial charge on any atom is -0.466 e. The van der Waals surface area contributed by atoms with Crippen LogP contribution in [0.3, 0.4) is 0 Å². The maximum atomic E-state index is 13.4. The van der Waals surface area contributed by atoms with Crippen molar-refractivity contribution in [3.63, 3.8) is 0 Å². The van der Waals surface area contributed by atoms with E-state index in [2.05, 4.69) is 20.9 Å². The van der Waals surface area contributed by atoms with Gasteiger partial charge in [-0.3, -0.25) is 9.36 Å². The topological polar surface area (TPSA) is 60.7 Å². The standard InChI is InChI=1S/C23H19BrN2O3S/c1-3-17-19(22(28)29-2)20(15-7-5-4-6-8-15)26-21(27)18(30-23(26)25-17)13-14-9-11-16(24)12-10-14/h4-13,20H,3H2,1-2H3/b18-13-/t20-/m1/s1. The lowest BCUT2D eigenvalue weighted by Crippen LogP contribution is -2.40. The minimum atomic E-state index is -0.572. The molecule has 0 saturated heterocycles. The molecule has 0 spiro atoms. The van der Waals surface area contributed by atoms with Crippen molar-refractivity contribution in [3.05, 3.63) is 101 Å². The van der Waals surface area contributed by atoms with Gasteiger partial charge in [0.25, 0.3) is 5.56 Å². The number of thiazole rings is 1. The van der Waals surface area contributed by atoms with Crippen LogP contribution in [0.2, 0.25) is 0 Å². The minimum absolute atomic E-state index is 0.174. The number of halogens is 1. The molecule has 1 aliphatic heterocycles. The Morgan fingerprint density at radius 1 is 1.20 bits per heavy atom. The average molecular weight is 483 g/mol. The normalized spacial score (nSPS) is 16.2. The lowest BCUT2D eigenvalue weighted by Gasteiger charge is -2.25. The fourth-order valence-corrected chi connectivity index (χ4v) is 4.81. The Labute approximate surface area is 185 Å². The number of ether oxygens (including phenoxy) is 1. The molecule has 1 atom stereocenters. The number of fused-ring (bicyclic) bond motifs is 1. The van der Waals surface area contributed by atoms with E-state index in [-0.39, 0.29) is 5.56 Å². The Hall–Kier alpha value is -2.77. The quantitative estimate of drug-likeness (QED) is 0.534. The van der Waals surface area contributed by atoms with Gasteiger partial charge in [-0.05, 0) is 35.8 Å². The number of aromatic nitrogens is 1. The molecule has 0 fully saturated rings. The first-order chi connectivity index (χ1) is 14.5. The summed E-state index contributed by atoms with van der Waals surface area (Å²) in [4.78, 5) is 31.4. The molecule has 0 aliphatic carbocycles. The Morgan fingerprint density at radius 2 is 1.90 bits per heavy atom. The van der Waals surface area contributed by atoms with Gasteiger partial charge >= 0.3 is 5.97 Å². The number of nitrogens with zero attached hydrogens (tertiary/aromatic N) is 2. The number of esters is 1. The molecule has 152 valence electrons. The third-order valence-electron chi connectivity index (χ3n) is 4.93. The molecule has 2 aromatic carbocycles. The summed E-state index contributed by atoms with van der Waals surface area (Å²) in [5, 5.41) is 0. The number of carbonyl (C=O) groups excluding carboxylic acids is 1. The first-order valence-electron chi connectivity index (χ1n) is 9.47. The summed E-state index contributed by atoms with van der Waals surface area (Å²) in [6.45, 7) is 1.94. The molecule has 7 heteroatoms. The Balaban J connectivity index is 1.99. The molecule has 0 N–H and O–H groups in total. The highest BCUT2D eigenvalue weighted by atomic mass is 79.9. The highest BCUT2D eigenvalue weighted by Crippen LogP contribution is 2.31. The first kappa shape index (κ1) is 20.5. The van der Waals surface area contributed by atoms with Gasteiger partial charge in [-0.2, -0.15) is 0 Å². The Morgan fingerprint density at radius 3 is 2.53 bits per heavy atom. The van der Waals surface area contributed by atoms with Crippen molar-refractivity contribution in [2.45, 2.75) is 19.4 Å². The number of rotatable bonds is 4. The molecule has 0 bridgehead atoms. The van der Waals surface area contributed by atoms with E-state index in [4.69, 9.17) is 4.74 Å². The number of allylic oxidation sites excluding steroid dienone is 1. The van der Waals surface area contributed by atoms with Crippen molar-refractivity contribution in [2.75, 3.05) is 7.11 Å². The third kappa shape index (κ3) is 3.70. The number of hydrogen-bond donors (Lipinski definition) is 0. The summed E-state index contributed by atoms with van der Waals surface area (Å²) in [7, 11) is 1.35. The second-order valence-corrected chi connectivity index (χ2v) is 8.68. The molecule has 2 heterocycles. The van der Waals surface area contributed by atoms with Crippen LogP contribution in [0.25, 0.3) is 6.08 Å². The molecule has 4 rings (SSSR count). The van der Waals surface area contributed by atoms with Crippen LogP contribution in [0.15, 0.2) is 80.1 Å². The van der Waals surface area contributed by atoms with Gasteiger partial charge < -0.3 is 4.74 Å². The molecular formula is C23H19BrN2O3S. The molecule has 3 aromatic rings. The zero-order valence-corrected chi connectivity index (χ0v) is 18.9. The van der Waals surface area contributed by atoms with Gasteiger partial charge in [0.05, 0.1) is 29.0 Å². The van der Waals surface area contributed by atoms with E-state index in [0.717, 1.165) is 15.6 Å². The monoisotopic (exact) mass is 482 g/mol. The SMILES string of the molecule is CCC1=C(C(=O)OC)[C@@H](c2ccccc2)n2c(s/c(=C\c3ccc(Br)cc3)c2=O)=N1. The van der Waals surface area contributed by atoms with E-state index in [0.29, 0.717) is 27.0 Å². The highest BCUT2D eigenvalue weighted by molar-refractivity contribution is 9.10. The average Bonchev–Trinajstić information content (AvgIpc) is 3.08. The van der Waals surface area contributed by atoms with E-state index in [9.17, 15) is 9.59 Å². The zero-order chi connectivity index (χ0) is 21.3. The van der Waals surface area contributed by atoms with Gasteiger partial charge in [-0.1, -0.05) is 76.7 Å². The van der Waals surface area contributed by atoms with E-state index < -0.39 is 12.0 Å². The number of methoxy groups -OCH3 is 1. The summed E-state index contributed by atoms with van der Waals surface area (Å²) < 4.78 is 8.21. The summed E-state index contributed by atoms with van der Waals surface area (Å²) in [6.07, 6.45) is 2.41. The fraction of sp³-hybridized carbons (Fsp3) is 0.174. The molecule has 0 amide bonds. The van der Waals surface area contributed by atoms with Crippen molar-refractivity contribution in [2.24, 2.45) is 4.99 Å². The number of carbonyl (C=O) groups is 1. The van der Waals surface area contributed by atoms with Gasteiger partial charge in [0.1, 0.15) is 0 Å². The van der Waals surface area contributed by atoms with E-state index in [1.54, 1.807) is 4.57 Å². The molecular weight excluding hydrogens is 464 g/mol. The second-order valence-electron chi connectivity index (χ2n) is 6.75. The summed E-state index contributed by atoms with van der Waals surface area (Å²) in [6, 6.07) is 16.7. The van der Waals surface area contributed by atoms with Crippen LogP contribution in [0, 0.1) is 0 Å². The predicted molar refractivity (Wildman–Crippen MR) is 121 cm³/mol.